The fourth-order valence-electron chi connectivity index (χ4n) is 3.84. The van der Waals surface area contributed by atoms with Crippen molar-refractivity contribution in [3.63, 3.8) is 0 Å². The minimum Gasteiger partial charge on any atom is -0.364 e. The van der Waals surface area contributed by atoms with Gasteiger partial charge in [-0.1, -0.05) is 6.07 Å². The van der Waals surface area contributed by atoms with Gasteiger partial charge in [-0.15, -0.1) is 0 Å². The summed E-state index contributed by atoms with van der Waals surface area (Å²) >= 11 is 0. The first-order valence-electron chi connectivity index (χ1n) is 10.0. The number of halogens is 4. The number of carbonyl (C=O) groups is 3. The third-order valence-electron chi connectivity index (χ3n) is 5.40. The molecule has 2 amide bonds. The lowest BCUT2D eigenvalue weighted by atomic mass is 10.1. The standard InChI is InChI=1S/C22H22F4N4O3/c1-13-11-14(22(24,25)26)12-18(27-13)30-17(7-8-19(30)32)21(33)29(3)16-6-4-5-15(23)20(16)28(2)9-10-31/h4-6,10-12,17H,7-9H2,1-3H3. The molecule has 0 bridgehead atoms. The van der Waals surface area contributed by atoms with Crippen molar-refractivity contribution >= 4 is 35.3 Å². The summed E-state index contributed by atoms with van der Waals surface area (Å²) in [6.45, 7) is 1.24. The molecule has 1 aliphatic rings. The number of aryl methyl sites for hydroxylation is 1. The minimum absolute atomic E-state index is 0.00404. The second kappa shape index (κ2) is 9.16. The number of pyridine rings is 1. The Morgan fingerprint density at radius 3 is 2.61 bits per heavy atom. The molecule has 1 aromatic carbocycles. The van der Waals surface area contributed by atoms with Gasteiger partial charge in [0.1, 0.15) is 24.0 Å². The van der Waals surface area contributed by atoms with E-state index in [1.54, 1.807) is 0 Å². The zero-order valence-electron chi connectivity index (χ0n) is 18.2. The number of rotatable bonds is 6. The fourth-order valence-corrected chi connectivity index (χ4v) is 3.84. The molecule has 1 aromatic heterocycles. The van der Waals surface area contributed by atoms with Crippen molar-refractivity contribution in [3.05, 3.63) is 47.4 Å². The largest absolute Gasteiger partial charge is 0.416 e. The van der Waals surface area contributed by atoms with E-state index in [1.807, 2.05) is 0 Å². The number of hydrogen-bond acceptors (Lipinski definition) is 5. The Morgan fingerprint density at radius 1 is 1.27 bits per heavy atom. The number of aldehydes is 1. The molecule has 1 atom stereocenters. The molecule has 0 spiro atoms. The summed E-state index contributed by atoms with van der Waals surface area (Å²) < 4.78 is 54.4. The zero-order chi connectivity index (χ0) is 24.5. The van der Waals surface area contributed by atoms with Gasteiger partial charge in [0.15, 0.2) is 0 Å². The van der Waals surface area contributed by atoms with Crippen LogP contribution in [0.2, 0.25) is 0 Å². The maximum Gasteiger partial charge on any atom is 0.416 e. The molecule has 7 nitrogen and oxygen atoms in total. The first kappa shape index (κ1) is 24.1. The molecule has 0 saturated carbocycles. The van der Waals surface area contributed by atoms with Crippen LogP contribution in [0.1, 0.15) is 24.1 Å². The monoisotopic (exact) mass is 466 g/mol. The SMILES string of the molecule is Cc1cc(C(F)(F)F)cc(N2C(=O)CCC2C(=O)N(C)c2cccc(F)c2N(C)CC=O)n1. The smallest absolute Gasteiger partial charge is 0.364 e. The molecule has 1 unspecified atom stereocenters. The van der Waals surface area contributed by atoms with Crippen molar-refractivity contribution in [1.29, 1.82) is 0 Å². The van der Waals surface area contributed by atoms with E-state index >= 15 is 0 Å². The number of benzene rings is 1. The molecule has 0 aliphatic carbocycles. The highest BCUT2D eigenvalue weighted by atomic mass is 19.4. The molecule has 33 heavy (non-hydrogen) atoms. The highest BCUT2D eigenvalue weighted by Gasteiger charge is 2.41. The molecule has 0 radical (unpaired) electrons. The molecule has 1 fully saturated rings. The predicted molar refractivity (Wildman–Crippen MR) is 114 cm³/mol. The van der Waals surface area contributed by atoms with Crippen molar-refractivity contribution in [2.75, 3.05) is 35.3 Å². The average Bonchev–Trinajstić information content (AvgIpc) is 3.12. The van der Waals surface area contributed by atoms with Crippen molar-refractivity contribution in [1.82, 2.24) is 4.98 Å². The fraction of sp³-hybridized carbons (Fsp3) is 0.364. The Hall–Kier alpha value is -3.50. The highest BCUT2D eigenvalue weighted by Crippen LogP contribution is 2.36. The molecular formula is C22H22F4N4O3. The van der Waals surface area contributed by atoms with Gasteiger partial charge >= 0.3 is 6.18 Å². The number of amides is 2. The third-order valence-corrected chi connectivity index (χ3v) is 5.40. The molecule has 176 valence electrons. The number of carbonyl (C=O) groups excluding carboxylic acids is 3. The first-order valence-corrected chi connectivity index (χ1v) is 10.0. The summed E-state index contributed by atoms with van der Waals surface area (Å²) in [5, 5.41) is 0. The van der Waals surface area contributed by atoms with Crippen molar-refractivity contribution in [2.24, 2.45) is 0 Å². The van der Waals surface area contributed by atoms with E-state index in [0.717, 1.165) is 21.9 Å². The average molecular weight is 466 g/mol. The van der Waals surface area contributed by atoms with Crippen molar-refractivity contribution in [2.45, 2.75) is 32.0 Å². The van der Waals surface area contributed by atoms with E-state index in [-0.39, 0.29) is 42.3 Å². The number of para-hydroxylation sites is 1. The number of likely N-dealkylation sites (N-methyl/N-ethyl adjacent to an activating group) is 2. The van der Waals surface area contributed by atoms with Crippen LogP contribution in [-0.4, -0.2) is 49.8 Å². The molecule has 11 heteroatoms. The van der Waals surface area contributed by atoms with E-state index in [0.29, 0.717) is 6.29 Å². The zero-order valence-corrected chi connectivity index (χ0v) is 18.2. The molecule has 3 rings (SSSR count). The second-order valence-corrected chi connectivity index (χ2v) is 7.72. The van der Waals surface area contributed by atoms with Gasteiger partial charge in [0, 0.05) is 26.2 Å². The lowest BCUT2D eigenvalue weighted by Crippen LogP contribution is -2.46. The Balaban J connectivity index is 2.00. The van der Waals surface area contributed by atoms with E-state index in [9.17, 15) is 31.9 Å². The lowest BCUT2D eigenvalue weighted by molar-refractivity contribution is -0.137. The van der Waals surface area contributed by atoms with Gasteiger partial charge in [0.25, 0.3) is 0 Å². The molecule has 1 saturated heterocycles. The first-order chi connectivity index (χ1) is 15.5. The number of nitrogens with zero attached hydrogens (tertiary/aromatic N) is 4. The topological polar surface area (TPSA) is 73.8 Å². The third kappa shape index (κ3) is 4.81. The van der Waals surface area contributed by atoms with Crippen LogP contribution in [0.4, 0.5) is 34.8 Å². The predicted octanol–water partition coefficient (Wildman–Crippen LogP) is 3.34. The summed E-state index contributed by atoms with van der Waals surface area (Å²) in [6, 6.07) is 4.52. The maximum atomic E-state index is 14.6. The van der Waals surface area contributed by atoms with Crippen LogP contribution >= 0.6 is 0 Å². The Morgan fingerprint density at radius 2 is 1.97 bits per heavy atom. The molecule has 2 heterocycles. The number of alkyl halides is 3. The number of aromatic nitrogens is 1. The van der Waals surface area contributed by atoms with Gasteiger partial charge in [0.05, 0.1) is 23.5 Å². The van der Waals surface area contributed by atoms with Crippen LogP contribution in [0.3, 0.4) is 0 Å². The Kier molecular flexibility index (Phi) is 6.71. The van der Waals surface area contributed by atoms with Gasteiger partial charge in [0.2, 0.25) is 11.8 Å². The van der Waals surface area contributed by atoms with Crippen LogP contribution < -0.4 is 14.7 Å². The molecular weight excluding hydrogens is 444 g/mol. The van der Waals surface area contributed by atoms with Crippen LogP contribution in [0.25, 0.3) is 0 Å². The highest BCUT2D eigenvalue weighted by molar-refractivity contribution is 6.09. The van der Waals surface area contributed by atoms with E-state index in [1.165, 1.54) is 44.1 Å². The van der Waals surface area contributed by atoms with Gasteiger partial charge in [-0.3, -0.25) is 14.5 Å². The van der Waals surface area contributed by atoms with Gasteiger partial charge in [-0.2, -0.15) is 13.2 Å². The van der Waals surface area contributed by atoms with Crippen LogP contribution in [0, 0.1) is 12.7 Å². The molecule has 1 aliphatic heterocycles. The van der Waals surface area contributed by atoms with Crippen LogP contribution in [-0.2, 0) is 20.6 Å². The van der Waals surface area contributed by atoms with E-state index < -0.39 is 35.4 Å². The van der Waals surface area contributed by atoms with Gasteiger partial charge in [-0.25, -0.2) is 9.37 Å². The van der Waals surface area contributed by atoms with Gasteiger partial charge in [-0.05, 0) is 37.6 Å². The van der Waals surface area contributed by atoms with Crippen molar-refractivity contribution in [3.8, 4) is 0 Å². The lowest BCUT2D eigenvalue weighted by Gasteiger charge is -2.30. The number of hydrogen-bond donors (Lipinski definition) is 0. The van der Waals surface area contributed by atoms with E-state index in [2.05, 4.69) is 4.98 Å². The van der Waals surface area contributed by atoms with Crippen LogP contribution in [0.15, 0.2) is 30.3 Å². The quantitative estimate of drug-likeness (QED) is 0.482. The maximum absolute atomic E-state index is 14.6. The summed E-state index contributed by atoms with van der Waals surface area (Å²) in [6.07, 6.45) is -4.06. The van der Waals surface area contributed by atoms with Gasteiger partial charge < -0.3 is 14.6 Å². The summed E-state index contributed by atoms with van der Waals surface area (Å²) in [7, 11) is 2.86. The Bertz CT molecular complexity index is 1090. The van der Waals surface area contributed by atoms with Crippen molar-refractivity contribution < 1.29 is 31.9 Å². The minimum atomic E-state index is -4.65. The summed E-state index contributed by atoms with van der Waals surface area (Å²) in [5.41, 5.74) is -0.782. The second-order valence-electron chi connectivity index (χ2n) is 7.72. The number of anilines is 3. The normalized spacial score (nSPS) is 16.2. The Labute approximate surface area is 187 Å². The molecule has 0 N–H and O–H groups in total. The summed E-state index contributed by atoms with van der Waals surface area (Å²) in [5.74, 6) is -2.09. The summed E-state index contributed by atoms with van der Waals surface area (Å²) in [4.78, 5) is 44.3. The van der Waals surface area contributed by atoms with Crippen LogP contribution in [0.5, 0.6) is 0 Å². The molecule has 2 aromatic rings. The van der Waals surface area contributed by atoms with E-state index in [4.69, 9.17) is 0 Å².